The predicted molar refractivity (Wildman–Crippen MR) is 83.6 cm³/mol. The summed E-state index contributed by atoms with van der Waals surface area (Å²) in [6, 6.07) is 0. The van der Waals surface area contributed by atoms with Crippen molar-refractivity contribution < 1.29 is 47.6 Å². The number of carbonyl (C=O) groups is 4. The van der Waals surface area contributed by atoms with E-state index in [0.717, 1.165) is 27.9 Å². The molecule has 0 aromatic rings. The molecule has 0 aromatic carbocycles. The minimum atomic E-state index is -1.44. The van der Waals surface area contributed by atoms with Crippen molar-refractivity contribution in [3.63, 3.8) is 0 Å². The fourth-order valence-electron chi connectivity index (χ4n) is 2.46. The number of ether oxygens (including phenoxy) is 6. The van der Waals surface area contributed by atoms with E-state index in [-0.39, 0.29) is 6.10 Å². The van der Waals surface area contributed by atoms with Gasteiger partial charge in [-0.1, -0.05) is 0 Å². The zero-order valence-electron chi connectivity index (χ0n) is 15.5. The molecule has 1 aliphatic heterocycles. The SMILES string of the molecule is COC(=O)[C@H]1O[C@@H](OC(C)C)[C@H](OC(C)=O)[C@@H](OC(C)=O)[C@@H]1OC(C)=O. The molecular formula is C16H24O10. The van der Waals surface area contributed by atoms with Crippen LogP contribution >= 0.6 is 0 Å². The summed E-state index contributed by atoms with van der Waals surface area (Å²) in [6.07, 6.45) is -7.05. The van der Waals surface area contributed by atoms with Gasteiger partial charge in [0.25, 0.3) is 0 Å². The Morgan fingerprint density at radius 1 is 0.808 bits per heavy atom. The predicted octanol–water partition coefficient (Wildman–Crippen LogP) is 0.104. The maximum Gasteiger partial charge on any atom is 0.339 e. The van der Waals surface area contributed by atoms with E-state index in [4.69, 9.17) is 23.7 Å². The van der Waals surface area contributed by atoms with Gasteiger partial charge < -0.3 is 28.4 Å². The summed E-state index contributed by atoms with van der Waals surface area (Å²) in [5.41, 5.74) is 0. The second-order valence-electron chi connectivity index (χ2n) is 5.86. The second-order valence-corrected chi connectivity index (χ2v) is 5.86. The first kappa shape index (κ1) is 21.8. The summed E-state index contributed by atoms with van der Waals surface area (Å²) in [7, 11) is 1.12. The fraction of sp³-hybridized carbons (Fsp3) is 0.750. The summed E-state index contributed by atoms with van der Waals surface area (Å²) < 4.78 is 31.3. The molecule has 0 saturated carbocycles. The Balaban J connectivity index is 3.35. The van der Waals surface area contributed by atoms with Crippen LogP contribution in [0.2, 0.25) is 0 Å². The van der Waals surface area contributed by atoms with E-state index in [9.17, 15) is 19.2 Å². The highest BCUT2D eigenvalue weighted by Crippen LogP contribution is 2.30. The first-order valence-electron chi connectivity index (χ1n) is 7.97. The third-order valence-electron chi connectivity index (χ3n) is 3.24. The lowest BCUT2D eigenvalue weighted by molar-refractivity contribution is -0.308. The van der Waals surface area contributed by atoms with E-state index in [0.29, 0.717) is 0 Å². The molecule has 10 nitrogen and oxygen atoms in total. The first-order valence-corrected chi connectivity index (χ1v) is 7.97. The maximum atomic E-state index is 12.1. The van der Waals surface area contributed by atoms with Crippen LogP contribution in [0.4, 0.5) is 0 Å². The molecule has 1 rings (SSSR count). The molecular weight excluding hydrogens is 352 g/mol. The molecule has 1 saturated heterocycles. The monoisotopic (exact) mass is 376 g/mol. The van der Waals surface area contributed by atoms with E-state index in [1.165, 1.54) is 0 Å². The van der Waals surface area contributed by atoms with Crippen LogP contribution in [0.1, 0.15) is 34.6 Å². The van der Waals surface area contributed by atoms with Gasteiger partial charge in [0.15, 0.2) is 30.7 Å². The van der Waals surface area contributed by atoms with Crippen LogP contribution in [0.15, 0.2) is 0 Å². The average Bonchev–Trinajstić information content (AvgIpc) is 2.50. The van der Waals surface area contributed by atoms with Crippen molar-refractivity contribution in [1.82, 2.24) is 0 Å². The minimum Gasteiger partial charge on any atom is -0.467 e. The number of methoxy groups -OCH3 is 1. The van der Waals surface area contributed by atoms with Crippen LogP contribution in [0.3, 0.4) is 0 Å². The van der Waals surface area contributed by atoms with Crippen molar-refractivity contribution >= 4 is 23.9 Å². The molecule has 0 unspecified atom stereocenters. The van der Waals surface area contributed by atoms with E-state index < -0.39 is 54.6 Å². The van der Waals surface area contributed by atoms with Crippen LogP contribution in [0.25, 0.3) is 0 Å². The second kappa shape index (κ2) is 9.48. The summed E-state index contributed by atoms with van der Waals surface area (Å²) in [5.74, 6) is -3.06. The smallest absolute Gasteiger partial charge is 0.339 e. The Hall–Kier alpha value is -2.20. The number of carbonyl (C=O) groups excluding carboxylic acids is 4. The molecule has 1 fully saturated rings. The highest BCUT2D eigenvalue weighted by molar-refractivity contribution is 5.77. The summed E-state index contributed by atoms with van der Waals surface area (Å²) in [5, 5.41) is 0. The van der Waals surface area contributed by atoms with Crippen LogP contribution in [0, 0.1) is 0 Å². The number of hydrogen-bond acceptors (Lipinski definition) is 10. The largest absolute Gasteiger partial charge is 0.467 e. The van der Waals surface area contributed by atoms with E-state index in [2.05, 4.69) is 4.74 Å². The van der Waals surface area contributed by atoms with Crippen molar-refractivity contribution in [2.75, 3.05) is 7.11 Å². The van der Waals surface area contributed by atoms with Gasteiger partial charge in [0.2, 0.25) is 0 Å². The first-order chi connectivity index (χ1) is 12.1. The van der Waals surface area contributed by atoms with Gasteiger partial charge in [-0.3, -0.25) is 14.4 Å². The minimum absolute atomic E-state index is 0.375. The molecule has 0 aromatic heterocycles. The van der Waals surface area contributed by atoms with Gasteiger partial charge >= 0.3 is 23.9 Å². The Kier molecular flexibility index (Phi) is 7.97. The molecule has 26 heavy (non-hydrogen) atoms. The van der Waals surface area contributed by atoms with Crippen molar-refractivity contribution in [3.05, 3.63) is 0 Å². The van der Waals surface area contributed by atoms with Crippen LogP contribution in [-0.2, 0) is 47.6 Å². The van der Waals surface area contributed by atoms with Crippen molar-refractivity contribution in [2.24, 2.45) is 0 Å². The molecule has 1 heterocycles. The van der Waals surface area contributed by atoms with Gasteiger partial charge in [-0.15, -0.1) is 0 Å². The van der Waals surface area contributed by atoms with Crippen LogP contribution in [0.5, 0.6) is 0 Å². The number of hydrogen-bond donors (Lipinski definition) is 0. The Bertz CT molecular complexity index is 543. The van der Waals surface area contributed by atoms with Gasteiger partial charge in [0.1, 0.15) is 0 Å². The van der Waals surface area contributed by atoms with Crippen LogP contribution in [-0.4, -0.2) is 67.8 Å². The van der Waals surface area contributed by atoms with Gasteiger partial charge in [0, 0.05) is 20.8 Å². The van der Waals surface area contributed by atoms with Crippen LogP contribution < -0.4 is 0 Å². The lowest BCUT2D eigenvalue weighted by Crippen LogP contribution is -2.64. The molecule has 0 aliphatic carbocycles. The third-order valence-corrected chi connectivity index (χ3v) is 3.24. The molecule has 5 atom stereocenters. The maximum absolute atomic E-state index is 12.1. The van der Waals surface area contributed by atoms with Crippen molar-refractivity contribution in [3.8, 4) is 0 Å². The van der Waals surface area contributed by atoms with Gasteiger partial charge in [0.05, 0.1) is 13.2 Å². The standard InChI is InChI=1S/C16H24O10/c1-7(2)22-16-14(25-10(5)19)12(24-9(4)18)11(23-8(3)17)13(26-16)15(20)21-6/h7,11-14,16H,1-6H3/t11-,12-,13-,14+,16+/m0/s1. The molecule has 0 bridgehead atoms. The van der Waals surface area contributed by atoms with Gasteiger partial charge in [-0.2, -0.15) is 0 Å². The number of esters is 4. The zero-order valence-corrected chi connectivity index (χ0v) is 15.5. The molecule has 0 amide bonds. The van der Waals surface area contributed by atoms with Gasteiger partial charge in [-0.25, -0.2) is 4.79 Å². The summed E-state index contributed by atoms with van der Waals surface area (Å²) in [4.78, 5) is 46.6. The van der Waals surface area contributed by atoms with E-state index in [1.54, 1.807) is 13.8 Å². The molecule has 148 valence electrons. The van der Waals surface area contributed by atoms with E-state index in [1.807, 2.05) is 0 Å². The molecule has 0 radical (unpaired) electrons. The molecule has 0 N–H and O–H groups in total. The normalized spacial score (nSPS) is 28.2. The summed E-state index contributed by atoms with van der Waals surface area (Å²) >= 11 is 0. The lowest BCUT2D eigenvalue weighted by atomic mass is 9.97. The quantitative estimate of drug-likeness (QED) is 0.466. The topological polar surface area (TPSA) is 124 Å². The lowest BCUT2D eigenvalue weighted by Gasteiger charge is -2.43. The fourth-order valence-corrected chi connectivity index (χ4v) is 2.46. The Morgan fingerprint density at radius 3 is 1.69 bits per heavy atom. The zero-order chi connectivity index (χ0) is 20.0. The third kappa shape index (κ3) is 5.95. The van der Waals surface area contributed by atoms with E-state index >= 15 is 0 Å². The highest BCUT2D eigenvalue weighted by atomic mass is 16.7. The average molecular weight is 376 g/mol. The molecule has 10 heteroatoms. The Morgan fingerprint density at radius 2 is 1.27 bits per heavy atom. The Labute approximate surface area is 151 Å². The molecule has 0 spiro atoms. The van der Waals surface area contributed by atoms with Crippen molar-refractivity contribution in [1.29, 1.82) is 0 Å². The van der Waals surface area contributed by atoms with Gasteiger partial charge in [-0.05, 0) is 13.8 Å². The highest BCUT2D eigenvalue weighted by Gasteiger charge is 2.55. The van der Waals surface area contributed by atoms with Crippen molar-refractivity contribution in [2.45, 2.75) is 71.4 Å². The molecule has 1 aliphatic rings. The summed E-state index contributed by atoms with van der Waals surface area (Å²) in [6.45, 7) is 6.76. The number of rotatable bonds is 6.